The molecule has 0 bridgehead atoms. The maximum absolute atomic E-state index is 13.0. The van der Waals surface area contributed by atoms with Crippen molar-refractivity contribution in [2.75, 3.05) is 26.3 Å². The smallest absolute Gasteiger partial charge is 0.230 e. The SMILES string of the molecule is O=C(C[C@H](/C=C/c1ccccc1)C(=O)N1CCOCC1)c1ccccc1. The second-order valence-corrected chi connectivity index (χ2v) is 6.31. The first-order chi connectivity index (χ1) is 12.7. The number of carbonyl (C=O) groups excluding carboxylic acids is 2. The Balaban J connectivity index is 1.77. The predicted molar refractivity (Wildman–Crippen MR) is 102 cm³/mol. The molecule has 3 rings (SSSR count). The number of hydrogen-bond donors (Lipinski definition) is 0. The summed E-state index contributed by atoms with van der Waals surface area (Å²) < 4.78 is 5.33. The second kappa shape index (κ2) is 9.11. The third kappa shape index (κ3) is 4.90. The van der Waals surface area contributed by atoms with Crippen LogP contribution >= 0.6 is 0 Å². The van der Waals surface area contributed by atoms with E-state index in [0.717, 1.165) is 5.56 Å². The fourth-order valence-corrected chi connectivity index (χ4v) is 2.99. The summed E-state index contributed by atoms with van der Waals surface area (Å²) in [6, 6.07) is 18.9. The van der Waals surface area contributed by atoms with Crippen molar-refractivity contribution in [3.05, 3.63) is 77.9 Å². The highest BCUT2D eigenvalue weighted by atomic mass is 16.5. The minimum absolute atomic E-state index is 0.00948. The Morgan fingerprint density at radius 3 is 2.23 bits per heavy atom. The standard InChI is InChI=1S/C22H23NO3/c24-21(19-9-5-2-6-10-19)17-20(12-11-18-7-3-1-4-8-18)22(25)23-13-15-26-16-14-23/h1-12,20H,13-17H2/b12-11+/t20-/m0/s1. The molecule has 0 aliphatic carbocycles. The quantitative estimate of drug-likeness (QED) is 0.751. The number of hydrogen-bond acceptors (Lipinski definition) is 3. The Morgan fingerprint density at radius 1 is 0.962 bits per heavy atom. The van der Waals surface area contributed by atoms with Crippen LogP contribution in [0.2, 0.25) is 0 Å². The molecule has 0 spiro atoms. The molecule has 0 N–H and O–H groups in total. The summed E-state index contributed by atoms with van der Waals surface area (Å²) >= 11 is 0. The van der Waals surface area contributed by atoms with Gasteiger partial charge in [0.1, 0.15) is 0 Å². The van der Waals surface area contributed by atoms with Crippen molar-refractivity contribution in [3.63, 3.8) is 0 Å². The van der Waals surface area contributed by atoms with Gasteiger partial charge in [-0.1, -0.05) is 72.8 Å². The highest BCUT2D eigenvalue weighted by Gasteiger charge is 2.26. The Morgan fingerprint density at radius 2 is 1.58 bits per heavy atom. The fourth-order valence-electron chi connectivity index (χ4n) is 2.99. The number of amides is 1. The van der Waals surface area contributed by atoms with E-state index in [2.05, 4.69) is 0 Å². The molecule has 1 saturated heterocycles. The Hall–Kier alpha value is -2.72. The number of ketones is 1. The van der Waals surface area contributed by atoms with Gasteiger partial charge in [-0.2, -0.15) is 0 Å². The monoisotopic (exact) mass is 349 g/mol. The molecule has 1 amide bonds. The molecule has 0 aromatic heterocycles. The van der Waals surface area contributed by atoms with Crippen molar-refractivity contribution in [2.24, 2.45) is 5.92 Å². The summed E-state index contributed by atoms with van der Waals surface area (Å²) in [5.41, 5.74) is 1.65. The number of Topliss-reactive ketones (excluding diaryl/α,β-unsaturated/α-hetero) is 1. The van der Waals surface area contributed by atoms with Crippen LogP contribution in [0.3, 0.4) is 0 Å². The number of morpholine rings is 1. The topological polar surface area (TPSA) is 46.6 Å². The molecule has 1 fully saturated rings. The molecule has 1 aliphatic rings. The lowest BCUT2D eigenvalue weighted by Crippen LogP contribution is -2.43. The third-order valence-electron chi connectivity index (χ3n) is 4.46. The van der Waals surface area contributed by atoms with Crippen LogP contribution in [-0.2, 0) is 9.53 Å². The average Bonchev–Trinajstić information content (AvgIpc) is 2.72. The summed E-state index contributed by atoms with van der Waals surface area (Å²) in [6.07, 6.45) is 3.94. The zero-order valence-electron chi connectivity index (χ0n) is 14.7. The fraction of sp³-hybridized carbons (Fsp3) is 0.273. The molecular weight excluding hydrogens is 326 g/mol. The van der Waals surface area contributed by atoms with Crippen LogP contribution in [0, 0.1) is 5.92 Å². The van der Waals surface area contributed by atoms with Gasteiger partial charge < -0.3 is 9.64 Å². The van der Waals surface area contributed by atoms with Crippen LogP contribution < -0.4 is 0 Å². The van der Waals surface area contributed by atoms with Crippen molar-refractivity contribution < 1.29 is 14.3 Å². The lowest BCUT2D eigenvalue weighted by atomic mass is 9.95. The number of benzene rings is 2. The lowest BCUT2D eigenvalue weighted by molar-refractivity contribution is -0.138. The Kier molecular flexibility index (Phi) is 6.34. The van der Waals surface area contributed by atoms with E-state index in [1.807, 2.05) is 60.7 Å². The summed E-state index contributed by atoms with van der Waals surface area (Å²) in [5.74, 6) is -0.499. The van der Waals surface area contributed by atoms with Crippen LogP contribution in [0.15, 0.2) is 66.7 Å². The zero-order chi connectivity index (χ0) is 18.2. The van der Waals surface area contributed by atoms with E-state index in [1.54, 1.807) is 17.0 Å². The van der Waals surface area contributed by atoms with E-state index in [4.69, 9.17) is 4.74 Å². The Labute approximate surface area is 154 Å². The van der Waals surface area contributed by atoms with Crippen molar-refractivity contribution in [1.82, 2.24) is 4.90 Å². The molecule has 2 aromatic carbocycles. The summed E-state index contributed by atoms with van der Waals surface area (Å²) in [6.45, 7) is 2.25. The van der Waals surface area contributed by atoms with Crippen molar-refractivity contribution >= 4 is 17.8 Å². The van der Waals surface area contributed by atoms with Gasteiger partial charge >= 0.3 is 0 Å². The predicted octanol–water partition coefficient (Wildman–Crippen LogP) is 3.45. The molecule has 0 radical (unpaired) electrons. The molecule has 0 saturated carbocycles. The van der Waals surface area contributed by atoms with Gasteiger partial charge in [-0.05, 0) is 5.56 Å². The molecule has 2 aromatic rings. The molecule has 134 valence electrons. The molecule has 1 atom stereocenters. The van der Waals surface area contributed by atoms with Gasteiger partial charge in [-0.25, -0.2) is 0 Å². The number of nitrogens with zero attached hydrogens (tertiary/aromatic N) is 1. The van der Waals surface area contributed by atoms with Crippen molar-refractivity contribution in [2.45, 2.75) is 6.42 Å². The highest BCUT2D eigenvalue weighted by molar-refractivity contribution is 5.99. The van der Waals surface area contributed by atoms with Crippen LogP contribution in [0.5, 0.6) is 0 Å². The minimum Gasteiger partial charge on any atom is -0.378 e. The van der Waals surface area contributed by atoms with Gasteiger partial charge in [0.15, 0.2) is 5.78 Å². The summed E-state index contributed by atoms with van der Waals surface area (Å²) in [7, 11) is 0. The van der Waals surface area contributed by atoms with Gasteiger partial charge in [-0.3, -0.25) is 9.59 Å². The number of ether oxygens (including phenoxy) is 1. The summed E-state index contributed by atoms with van der Waals surface area (Å²) in [5, 5.41) is 0. The van der Waals surface area contributed by atoms with E-state index in [1.165, 1.54) is 0 Å². The second-order valence-electron chi connectivity index (χ2n) is 6.31. The Bertz CT molecular complexity index is 749. The van der Waals surface area contributed by atoms with E-state index in [0.29, 0.717) is 31.9 Å². The van der Waals surface area contributed by atoms with Crippen molar-refractivity contribution in [3.8, 4) is 0 Å². The first-order valence-corrected chi connectivity index (χ1v) is 8.92. The average molecular weight is 349 g/mol. The number of carbonyl (C=O) groups is 2. The van der Waals surface area contributed by atoms with Gasteiger partial charge in [0.05, 0.1) is 19.1 Å². The van der Waals surface area contributed by atoms with Crippen LogP contribution in [0.1, 0.15) is 22.3 Å². The van der Waals surface area contributed by atoms with E-state index >= 15 is 0 Å². The van der Waals surface area contributed by atoms with Gasteiger partial charge in [-0.15, -0.1) is 0 Å². The molecule has 4 nitrogen and oxygen atoms in total. The van der Waals surface area contributed by atoms with Crippen LogP contribution in [-0.4, -0.2) is 42.9 Å². The lowest BCUT2D eigenvalue weighted by Gasteiger charge is -2.29. The normalized spacial score (nSPS) is 15.8. The number of rotatable bonds is 6. The third-order valence-corrected chi connectivity index (χ3v) is 4.46. The molecule has 1 heterocycles. The molecule has 26 heavy (non-hydrogen) atoms. The van der Waals surface area contributed by atoms with Crippen LogP contribution in [0.25, 0.3) is 6.08 Å². The van der Waals surface area contributed by atoms with Gasteiger partial charge in [0.25, 0.3) is 0 Å². The minimum atomic E-state index is -0.471. The van der Waals surface area contributed by atoms with Crippen molar-refractivity contribution in [1.29, 1.82) is 0 Å². The highest BCUT2D eigenvalue weighted by Crippen LogP contribution is 2.17. The van der Waals surface area contributed by atoms with E-state index in [9.17, 15) is 9.59 Å². The molecular formula is C22H23NO3. The first-order valence-electron chi connectivity index (χ1n) is 8.92. The molecule has 1 aliphatic heterocycles. The van der Waals surface area contributed by atoms with Crippen LogP contribution in [0.4, 0.5) is 0 Å². The molecule has 0 unspecified atom stereocenters. The summed E-state index contributed by atoms with van der Waals surface area (Å²) in [4.78, 5) is 27.4. The van der Waals surface area contributed by atoms with Gasteiger partial charge in [0, 0.05) is 25.1 Å². The first kappa shape index (κ1) is 18.1. The zero-order valence-corrected chi connectivity index (χ0v) is 14.7. The largest absolute Gasteiger partial charge is 0.378 e. The maximum atomic E-state index is 13.0. The van der Waals surface area contributed by atoms with E-state index < -0.39 is 5.92 Å². The molecule has 4 heteroatoms. The maximum Gasteiger partial charge on any atom is 0.230 e. The van der Waals surface area contributed by atoms with E-state index in [-0.39, 0.29) is 18.1 Å². The van der Waals surface area contributed by atoms with Gasteiger partial charge in [0.2, 0.25) is 5.91 Å².